The molecule has 2 aliphatic carbocycles. The van der Waals surface area contributed by atoms with E-state index in [1.165, 1.54) is 27.8 Å². The van der Waals surface area contributed by atoms with Crippen molar-refractivity contribution < 1.29 is 0 Å². The Labute approximate surface area is 220 Å². The first-order valence-corrected chi connectivity index (χ1v) is 12.9. The molecule has 4 heteroatoms. The molecule has 172 valence electrons. The summed E-state index contributed by atoms with van der Waals surface area (Å²) < 4.78 is 0. The first-order valence-electron chi connectivity index (χ1n) is 11.8. The third-order valence-corrected chi connectivity index (χ3v) is 7.93. The molecule has 1 nitrogen and oxygen atoms in total. The van der Waals surface area contributed by atoms with E-state index in [9.17, 15) is 0 Å². The van der Waals surface area contributed by atoms with Gasteiger partial charge in [-0.1, -0.05) is 89.4 Å². The van der Waals surface area contributed by atoms with Crippen LogP contribution in [-0.4, -0.2) is 4.98 Å². The molecule has 4 aromatic rings. The van der Waals surface area contributed by atoms with Crippen LogP contribution in [0.3, 0.4) is 0 Å². The lowest BCUT2D eigenvalue weighted by atomic mass is 9.93. The van der Waals surface area contributed by atoms with E-state index >= 15 is 0 Å². The molecule has 0 amide bonds. The maximum Gasteiger partial charge on any atom is 0.0707 e. The van der Waals surface area contributed by atoms with Gasteiger partial charge in [0.2, 0.25) is 0 Å². The summed E-state index contributed by atoms with van der Waals surface area (Å²) in [4.78, 5) is 5.30. The minimum absolute atomic E-state index is 0.750. The molecule has 0 saturated heterocycles. The van der Waals surface area contributed by atoms with Crippen molar-refractivity contribution in [3.8, 4) is 11.1 Å². The molecule has 3 aromatic carbocycles. The van der Waals surface area contributed by atoms with E-state index in [0.717, 1.165) is 68.8 Å². The Morgan fingerprint density at radius 1 is 0.543 bits per heavy atom. The summed E-state index contributed by atoms with van der Waals surface area (Å²) in [6, 6.07) is 24.1. The minimum atomic E-state index is 0.750. The monoisotopic (exact) mass is 513 g/mol. The Balaban J connectivity index is 1.59. The van der Waals surface area contributed by atoms with Crippen LogP contribution >= 0.6 is 34.8 Å². The number of pyridine rings is 1. The van der Waals surface area contributed by atoms with Crippen LogP contribution in [0.2, 0.25) is 15.1 Å². The summed E-state index contributed by atoms with van der Waals surface area (Å²) in [5.41, 5.74) is 11.5. The molecule has 0 spiro atoms. The Hall–Kier alpha value is -2.84. The summed E-state index contributed by atoms with van der Waals surface area (Å²) in [5.74, 6) is 0. The lowest BCUT2D eigenvalue weighted by Crippen LogP contribution is -2.01. The number of benzene rings is 3. The van der Waals surface area contributed by atoms with E-state index in [0.29, 0.717) is 0 Å². The lowest BCUT2D eigenvalue weighted by molar-refractivity contribution is 1.05. The Kier molecular flexibility index (Phi) is 6.02. The van der Waals surface area contributed by atoms with Crippen LogP contribution in [0.25, 0.3) is 34.4 Å². The summed E-state index contributed by atoms with van der Waals surface area (Å²) in [6.07, 6.45) is 8.12. The zero-order valence-electron chi connectivity index (χ0n) is 19.0. The molecule has 0 fully saturated rings. The zero-order chi connectivity index (χ0) is 23.9. The molecule has 0 radical (unpaired) electrons. The molecule has 0 aliphatic heterocycles. The van der Waals surface area contributed by atoms with Crippen LogP contribution in [0.5, 0.6) is 0 Å². The van der Waals surface area contributed by atoms with Gasteiger partial charge in [0.05, 0.1) is 11.4 Å². The summed E-state index contributed by atoms with van der Waals surface area (Å²) in [5, 5.41) is 2.27. The second-order valence-corrected chi connectivity index (χ2v) is 10.2. The van der Waals surface area contributed by atoms with Crippen LogP contribution < -0.4 is 0 Å². The smallest absolute Gasteiger partial charge is 0.0707 e. The molecule has 1 aromatic heterocycles. The van der Waals surface area contributed by atoms with Gasteiger partial charge in [-0.05, 0) is 95.0 Å². The molecule has 6 rings (SSSR count). The standard InChI is InChI=1S/C31H22Cl3N/c32-26-10-4-1-7-19(26)17-21-13-15-24-29(23-9-3-6-12-28(23)34)25-16-14-22(31(25)35-30(21)24)18-20-8-2-5-11-27(20)33/h1-12,17-18H,13-16H2/b21-17+,22-18+. The largest absolute Gasteiger partial charge is 0.248 e. The maximum absolute atomic E-state index is 6.75. The van der Waals surface area contributed by atoms with Gasteiger partial charge >= 0.3 is 0 Å². The third kappa shape index (κ3) is 4.12. The van der Waals surface area contributed by atoms with Gasteiger partial charge in [0.1, 0.15) is 0 Å². The summed E-state index contributed by atoms with van der Waals surface area (Å²) >= 11 is 19.7. The fourth-order valence-electron chi connectivity index (χ4n) is 5.27. The first kappa shape index (κ1) is 22.6. The van der Waals surface area contributed by atoms with E-state index < -0.39 is 0 Å². The predicted octanol–water partition coefficient (Wildman–Crippen LogP) is 9.68. The second-order valence-electron chi connectivity index (χ2n) is 9.00. The highest BCUT2D eigenvalue weighted by Gasteiger charge is 2.31. The minimum Gasteiger partial charge on any atom is -0.248 e. The highest BCUT2D eigenvalue weighted by Crippen LogP contribution is 2.47. The van der Waals surface area contributed by atoms with Gasteiger partial charge in [-0.2, -0.15) is 0 Å². The summed E-state index contributed by atoms with van der Waals surface area (Å²) in [6.45, 7) is 0. The van der Waals surface area contributed by atoms with Gasteiger partial charge in [0.15, 0.2) is 0 Å². The number of aromatic nitrogens is 1. The molecule has 0 atom stereocenters. The van der Waals surface area contributed by atoms with Gasteiger partial charge in [0, 0.05) is 20.6 Å². The van der Waals surface area contributed by atoms with Gasteiger partial charge in [-0.25, -0.2) is 4.98 Å². The average Bonchev–Trinajstić information content (AvgIpc) is 3.45. The van der Waals surface area contributed by atoms with Crippen LogP contribution in [0.1, 0.15) is 46.5 Å². The van der Waals surface area contributed by atoms with E-state index in [4.69, 9.17) is 39.8 Å². The number of allylic oxidation sites excluding steroid dienone is 2. The van der Waals surface area contributed by atoms with Crippen molar-refractivity contribution in [1.29, 1.82) is 0 Å². The molecule has 0 unspecified atom stereocenters. The van der Waals surface area contributed by atoms with E-state index in [1.807, 2.05) is 48.5 Å². The Bertz CT molecular complexity index is 1440. The molecule has 1 heterocycles. The van der Waals surface area contributed by atoms with Gasteiger partial charge in [-0.15, -0.1) is 0 Å². The SMILES string of the molecule is Clc1ccccc1/C=C1\CCc2c1nc1c(c2-c2ccccc2Cl)CC/C1=C\c1ccccc1Cl. The third-order valence-electron chi connectivity index (χ3n) is 6.91. The molecule has 0 N–H and O–H groups in total. The predicted molar refractivity (Wildman–Crippen MR) is 150 cm³/mol. The van der Waals surface area contributed by atoms with Gasteiger partial charge < -0.3 is 0 Å². The molecular weight excluding hydrogens is 493 g/mol. The molecule has 0 saturated carbocycles. The fourth-order valence-corrected chi connectivity index (χ4v) is 5.88. The van der Waals surface area contributed by atoms with Crippen molar-refractivity contribution in [2.45, 2.75) is 25.7 Å². The van der Waals surface area contributed by atoms with E-state index in [-0.39, 0.29) is 0 Å². The number of nitrogens with zero attached hydrogens (tertiary/aromatic N) is 1. The van der Waals surface area contributed by atoms with Crippen LogP contribution in [-0.2, 0) is 12.8 Å². The molecule has 35 heavy (non-hydrogen) atoms. The van der Waals surface area contributed by atoms with Crippen LogP contribution in [0.15, 0.2) is 72.8 Å². The molecule has 2 aliphatic rings. The molecular formula is C31H22Cl3N. The molecule has 0 bridgehead atoms. The highest BCUT2D eigenvalue weighted by molar-refractivity contribution is 6.33. The Morgan fingerprint density at radius 2 is 1.00 bits per heavy atom. The average molecular weight is 515 g/mol. The number of hydrogen-bond acceptors (Lipinski definition) is 1. The van der Waals surface area contributed by atoms with Crippen molar-refractivity contribution in [2.75, 3.05) is 0 Å². The van der Waals surface area contributed by atoms with Crippen molar-refractivity contribution >= 4 is 58.1 Å². The van der Waals surface area contributed by atoms with E-state index in [1.54, 1.807) is 0 Å². The number of rotatable bonds is 3. The van der Waals surface area contributed by atoms with E-state index in [2.05, 4.69) is 36.4 Å². The first-order chi connectivity index (χ1) is 17.1. The zero-order valence-corrected chi connectivity index (χ0v) is 21.3. The Morgan fingerprint density at radius 3 is 1.49 bits per heavy atom. The van der Waals surface area contributed by atoms with Gasteiger partial charge in [0.25, 0.3) is 0 Å². The topological polar surface area (TPSA) is 12.9 Å². The lowest BCUT2D eigenvalue weighted by Gasteiger charge is -2.16. The normalized spacial score (nSPS) is 16.7. The number of hydrogen-bond donors (Lipinski definition) is 0. The van der Waals surface area contributed by atoms with Crippen molar-refractivity contribution in [3.63, 3.8) is 0 Å². The second kappa shape index (κ2) is 9.32. The van der Waals surface area contributed by atoms with Crippen molar-refractivity contribution in [2.24, 2.45) is 0 Å². The summed E-state index contributed by atoms with van der Waals surface area (Å²) in [7, 11) is 0. The van der Waals surface area contributed by atoms with Crippen molar-refractivity contribution in [3.05, 3.63) is 122 Å². The van der Waals surface area contributed by atoms with Crippen LogP contribution in [0, 0.1) is 0 Å². The highest BCUT2D eigenvalue weighted by atomic mass is 35.5. The number of halogens is 3. The fraction of sp³-hybridized carbons (Fsp3) is 0.129. The maximum atomic E-state index is 6.75. The van der Waals surface area contributed by atoms with Crippen LogP contribution in [0.4, 0.5) is 0 Å². The van der Waals surface area contributed by atoms with Crippen molar-refractivity contribution in [1.82, 2.24) is 4.98 Å². The number of fused-ring (bicyclic) bond motifs is 2. The quantitative estimate of drug-likeness (QED) is 0.265. The van der Waals surface area contributed by atoms with Gasteiger partial charge in [-0.3, -0.25) is 0 Å².